The van der Waals surface area contributed by atoms with Crippen LogP contribution < -0.4 is 0 Å². The van der Waals surface area contributed by atoms with E-state index in [9.17, 15) is 4.79 Å². The molecule has 1 unspecified atom stereocenters. The number of hydrogen-bond donors (Lipinski definition) is 1. The number of carbonyl (C=O) groups is 1. The van der Waals surface area contributed by atoms with Crippen LogP contribution in [0.4, 0.5) is 0 Å². The predicted octanol–water partition coefficient (Wildman–Crippen LogP) is 2.45. The Balaban J connectivity index is 0.000000224. The van der Waals surface area contributed by atoms with Crippen LogP contribution in [0.2, 0.25) is 0 Å². The third kappa shape index (κ3) is 6.01. The number of esters is 1. The van der Waals surface area contributed by atoms with Crippen LogP contribution in [-0.4, -0.2) is 31.7 Å². The van der Waals surface area contributed by atoms with Gasteiger partial charge in [-0.1, -0.05) is 12.2 Å². The Morgan fingerprint density at radius 1 is 1.47 bits per heavy atom. The summed E-state index contributed by atoms with van der Waals surface area (Å²) in [5, 5.41) is 7.64. The van der Waals surface area contributed by atoms with Gasteiger partial charge in [-0.15, -0.1) is 0 Å². The van der Waals surface area contributed by atoms with Crippen molar-refractivity contribution in [2.75, 3.05) is 13.2 Å². The van der Waals surface area contributed by atoms with Crippen LogP contribution in [0.5, 0.6) is 0 Å². The van der Waals surface area contributed by atoms with Crippen molar-refractivity contribution in [3.8, 4) is 0 Å². The molecule has 0 aromatic heterocycles. The molecule has 0 amide bonds. The average Bonchev–Trinajstić information content (AvgIpc) is 3.00. The first-order valence-electron chi connectivity index (χ1n) is 6.77. The molecular weight excluding hydrogens is 245 g/mol. The third-order valence-electron chi connectivity index (χ3n) is 3.39. The number of rotatable bonds is 5. The van der Waals surface area contributed by atoms with E-state index in [2.05, 4.69) is 21.9 Å². The van der Waals surface area contributed by atoms with Crippen LogP contribution in [0.3, 0.4) is 0 Å². The van der Waals surface area contributed by atoms with Crippen LogP contribution in [0, 0.1) is 17.8 Å². The molecular formula is C13H22BNO4. The molecule has 0 spiro atoms. The standard InChI is InChI=1S/C10H14O2.C3H8BNO2/c1-7(11)12-6-10-5-8-2-3-9(10)4-8;1-2-3-5-4-7-6/h2-3,8-10H,4-6H2,1H3;6H,2-3H2,1H3/t8-,9+,10?;/m1./s1. The zero-order chi connectivity index (χ0) is 14.1. The number of ether oxygens (including phenoxy) is 1. The van der Waals surface area contributed by atoms with Gasteiger partial charge < -0.3 is 4.74 Å². The zero-order valence-corrected chi connectivity index (χ0v) is 11.6. The van der Waals surface area contributed by atoms with Gasteiger partial charge in [-0.05, 0) is 30.6 Å². The molecule has 1 N–H and O–H groups in total. The van der Waals surface area contributed by atoms with Crippen molar-refractivity contribution in [1.29, 1.82) is 0 Å². The van der Waals surface area contributed by atoms with Crippen LogP contribution in [-0.2, 0) is 14.3 Å². The second kappa shape index (κ2) is 8.85. The van der Waals surface area contributed by atoms with Crippen LogP contribution >= 0.6 is 0 Å². The van der Waals surface area contributed by atoms with Gasteiger partial charge in [0.15, 0.2) is 0 Å². The van der Waals surface area contributed by atoms with Gasteiger partial charge in [0.05, 0.1) is 6.61 Å². The van der Waals surface area contributed by atoms with Crippen LogP contribution in [0.25, 0.3) is 0 Å². The van der Waals surface area contributed by atoms with Crippen molar-refractivity contribution in [3.05, 3.63) is 12.2 Å². The average molecular weight is 267 g/mol. The molecule has 2 bridgehead atoms. The molecule has 6 heteroatoms. The third-order valence-corrected chi connectivity index (χ3v) is 3.39. The molecule has 19 heavy (non-hydrogen) atoms. The molecule has 0 aliphatic heterocycles. The molecule has 5 nitrogen and oxygen atoms in total. The van der Waals surface area contributed by atoms with Gasteiger partial charge >= 0.3 is 48.1 Å². The molecule has 0 radical (unpaired) electrons. The quantitative estimate of drug-likeness (QED) is 0.273. The van der Waals surface area contributed by atoms with Crippen molar-refractivity contribution in [3.63, 3.8) is 0 Å². The fourth-order valence-electron chi connectivity index (χ4n) is 2.53. The second-order valence-electron chi connectivity index (χ2n) is 4.96. The number of fused-ring (bicyclic) bond motifs is 2. The predicted molar refractivity (Wildman–Crippen MR) is 72.5 cm³/mol. The van der Waals surface area contributed by atoms with Crippen LogP contribution in [0.15, 0.2) is 17.0 Å². The van der Waals surface area contributed by atoms with Crippen molar-refractivity contribution in [1.82, 2.24) is 0 Å². The maximum atomic E-state index is 10.6. The maximum absolute atomic E-state index is 10.6. The van der Waals surface area contributed by atoms with Crippen molar-refractivity contribution in [2.24, 2.45) is 22.6 Å². The van der Waals surface area contributed by atoms with Gasteiger partial charge in [-0.25, -0.2) is 0 Å². The molecule has 3 atom stereocenters. The summed E-state index contributed by atoms with van der Waals surface area (Å²) in [6, 6.07) is 0. The topological polar surface area (TPSA) is 68.1 Å². The fourth-order valence-corrected chi connectivity index (χ4v) is 2.53. The summed E-state index contributed by atoms with van der Waals surface area (Å²) in [6.45, 7) is 4.80. The van der Waals surface area contributed by atoms with E-state index in [4.69, 9.17) is 9.99 Å². The number of hydrogen-bond acceptors (Lipinski definition) is 5. The normalized spacial score (nSPS) is 26.8. The Labute approximate surface area is 114 Å². The van der Waals surface area contributed by atoms with E-state index >= 15 is 0 Å². The van der Waals surface area contributed by atoms with Crippen molar-refractivity contribution in [2.45, 2.75) is 33.1 Å². The molecule has 0 aromatic carbocycles. The van der Waals surface area contributed by atoms with E-state index in [1.807, 2.05) is 6.92 Å². The van der Waals surface area contributed by atoms with E-state index in [1.165, 1.54) is 19.8 Å². The minimum absolute atomic E-state index is 0.151. The first-order valence-corrected chi connectivity index (χ1v) is 6.77. The van der Waals surface area contributed by atoms with E-state index in [0.717, 1.165) is 19.6 Å². The molecule has 106 valence electrons. The summed E-state index contributed by atoms with van der Waals surface area (Å²) in [7, 11) is 1.02. The molecule has 0 heterocycles. The van der Waals surface area contributed by atoms with Gasteiger partial charge in [-0.3, -0.25) is 4.79 Å². The van der Waals surface area contributed by atoms with Crippen LogP contribution in [0.1, 0.15) is 33.1 Å². The summed E-state index contributed by atoms with van der Waals surface area (Å²) in [4.78, 5) is 17.7. The summed E-state index contributed by atoms with van der Waals surface area (Å²) in [5.74, 6) is 1.91. The molecule has 2 rings (SSSR count). The summed E-state index contributed by atoms with van der Waals surface area (Å²) in [5.41, 5.74) is 0. The summed E-state index contributed by atoms with van der Waals surface area (Å²) in [6.07, 6.45) is 8.05. The Hall–Kier alpha value is -1.17. The van der Waals surface area contributed by atoms with E-state index in [0.29, 0.717) is 25.0 Å². The van der Waals surface area contributed by atoms with Crippen molar-refractivity contribution < 1.29 is 19.6 Å². The molecule has 2 aliphatic rings. The van der Waals surface area contributed by atoms with Gasteiger partial charge in [0.1, 0.15) is 0 Å². The van der Waals surface area contributed by atoms with E-state index in [-0.39, 0.29) is 5.97 Å². The Bertz CT molecular complexity index is 333. The number of allylic oxidation sites excluding steroid dienone is 2. The Morgan fingerprint density at radius 2 is 2.26 bits per heavy atom. The SMILES string of the molecule is CC(=O)OCC1C[C@@H]2C=C[C@H]1C2.CCCN=BOO. The molecule has 1 fully saturated rings. The number of nitrogens with zero attached hydrogens (tertiary/aromatic N) is 1. The summed E-state index contributed by atoms with van der Waals surface area (Å²) < 4.78 is 5.01. The first-order chi connectivity index (χ1) is 9.17. The van der Waals surface area contributed by atoms with Gasteiger partial charge in [0, 0.05) is 6.92 Å². The molecule has 0 saturated heterocycles. The van der Waals surface area contributed by atoms with Gasteiger partial charge in [0.25, 0.3) is 0 Å². The fraction of sp³-hybridized carbons (Fsp3) is 0.769. The molecule has 2 aliphatic carbocycles. The minimum atomic E-state index is -0.151. The second-order valence-corrected chi connectivity index (χ2v) is 4.96. The van der Waals surface area contributed by atoms with Gasteiger partial charge in [0.2, 0.25) is 0 Å². The van der Waals surface area contributed by atoms with E-state index in [1.54, 1.807) is 0 Å². The molecule has 0 aromatic rings. The van der Waals surface area contributed by atoms with Crippen molar-refractivity contribution >= 4 is 13.2 Å². The number of carbonyl (C=O) groups excluding carboxylic acids is 1. The van der Waals surface area contributed by atoms with Gasteiger partial charge in [-0.2, -0.15) is 0 Å². The van der Waals surface area contributed by atoms with E-state index < -0.39 is 0 Å². The Morgan fingerprint density at radius 3 is 2.74 bits per heavy atom. The first kappa shape index (κ1) is 15.9. The summed E-state index contributed by atoms with van der Waals surface area (Å²) >= 11 is 0. The monoisotopic (exact) mass is 267 g/mol. The zero-order valence-electron chi connectivity index (χ0n) is 11.6. The molecule has 1 saturated carbocycles. The Kier molecular flexibility index (Phi) is 7.41.